The number of nitrogens with one attached hydrogen (secondary N) is 3. The van der Waals surface area contributed by atoms with E-state index in [4.69, 9.17) is 18.6 Å². The molecule has 0 aliphatic carbocycles. The van der Waals surface area contributed by atoms with Gasteiger partial charge >= 0.3 is 0 Å². The number of ether oxygens (including phenoxy) is 1. The molecular weight excluding hydrogens is 895 g/mol. The third-order valence-corrected chi connectivity index (χ3v) is 13.0. The summed E-state index contributed by atoms with van der Waals surface area (Å²) in [5.41, 5.74) is 7.10. The van der Waals surface area contributed by atoms with Gasteiger partial charge in [0.2, 0.25) is 0 Å². The molecule has 0 aliphatic rings. The van der Waals surface area contributed by atoms with Crippen LogP contribution in [0.1, 0.15) is 58.0 Å². The molecule has 0 radical (unpaired) electrons. The standard InChI is InChI=1S/C26H30FN7O3Si.C20H16FN7O2/c1-16(21-13-37-14-29-21)30-26(35)19-12-34(15-36-8-9-38(3,4)5)25-24(19)31-20(11-28-25)23-18-7-6-17(27)10-22(18)33(2)32-23;1-10(15-8-30-9-24-15)25-20(29)13-6-22-19-18(13)26-14(7-23-19)17-12-4-3-11(21)5-16(12)28(2)27-17/h6-7,10-14,16H,8-9,15H2,1-5H3,(H,30,35);3-10H,1-2H3,(H,22,23)(H,25,29). The van der Waals surface area contributed by atoms with E-state index in [0.717, 1.165) is 16.8 Å². The molecule has 0 bridgehead atoms. The molecule has 2 atom stereocenters. The number of aromatic amines is 1. The zero-order valence-electron chi connectivity index (χ0n) is 38.1. The van der Waals surface area contributed by atoms with Crippen LogP contribution < -0.4 is 10.6 Å². The first-order valence-corrected chi connectivity index (χ1v) is 25.2. The minimum atomic E-state index is -1.25. The molecular formula is C46H46F2N14O5Si. The van der Waals surface area contributed by atoms with Gasteiger partial charge in [0.1, 0.15) is 76.1 Å². The fourth-order valence-corrected chi connectivity index (χ4v) is 8.31. The van der Waals surface area contributed by atoms with Crippen LogP contribution >= 0.6 is 0 Å². The lowest BCUT2D eigenvalue weighted by atomic mass is 10.1. The normalized spacial score (nSPS) is 12.7. The number of rotatable bonds is 13. The summed E-state index contributed by atoms with van der Waals surface area (Å²) >= 11 is 0. The topological polar surface area (TPSA) is 227 Å². The van der Waals surface area contributed by atoms with E-state index in [1.165, 1.54) is 49.6 Å². The Kier molecular flexibility index (Phi) is 12.2. The largest absolute Gasteiger partial charge is 0.451 e. The SMILES string of the molecule is CC(NC(=O)c1c[nH]c2ncc(-c3nn(C)c4cc(F)ccc34)nc12)c1cocn1.CC(NC(=O)c1cn(COCC[Si](C)(C)C)c2ncc(-c3nn(C)c4cc(F)ccc34)nc12)c1cocn1. The average molecular weight is 941 g/mol. The Morgan fingerprint density at radius 3 is 1.85 bits per heavy atom. The van der Waals surface area contributed by atoms with Crippen LogP contribution in [0.25, 0.3) is 66.9 Å². The Balaban J connectivity index is 0.000000174. The Morgan fingerprint density at radius 2 is 1.31 bits per heavy atom. The fraction of sp³-hybridized carbons (Fsp3) is 0.261. The van der Waals surface area contributed by atoms with Crippen LogP contribution in [0.2, 0.25) is 25.7 Å². The number of aromatic nitrogens is 12. The van der Waals surface area contributed by atoms with Gasteiger partial charge in [-0.3, -0.25) is 19.0 Å². The van der Waals surface area contributed by atoms with E-state index in [1.54, 1.807) is 71.9 Å². The summed E-state index contributed by atoms with van der Waals surface area (Å²) in [5, 5.41) is 16.3. The van der Waals surface area contributed by atoms with Crippen LogP contribution in [0.5, 0.6) is 0 Å². The highest BCUT2D eigenvalue weighted by Crippen LogP contribution is 2.31. The Bertz CT molecular complexity index is 3450. The summed E-state index contributed by atoms with van der Waals surface area (Å²) in [5.74, 6) is -1.34. The van der Waals surface area contributed by atoms with Crippen LogP contribution in [0.3, 0.4) is 0 Å². The van der Waals surface area contributed by atoms with Crippen LogP contribution in [-0.4, -0.2) is 85.5 Å². The van der Waals surface area contributed by atoms with Gasteiger partial charge in [0.15, 0.2) is 24.1 Å². The van der Waals surface area contributed by atoms with Gasteiger partial charge in [0, 0.05) is 51.9 Å². The molecule has 2 aromatic carbocycles. The summed E-state index contributed by atoms with van der Waals surface area (Å²) < 4.78 is 48.4. The minimum absolute atomic E-state index is 0.243. The zero-order chi connectivity index (χ0) is 47.9. The molecule has 19 nitrogen and oxygen atoms in total. The third-order valence-electron chi connectivity index (χ3n) is 11.3. The minimum Gasteiger partial charge on any atom is -0.451 e. The van der Waals surface area contributed by atoms with Crippen molar-refractivity contribution < 1.29 is 31.9 Å². The number of amides is 2. The van der Waals surface area contributed by atoms with Crippen molar-refractivity contribution in [1.29, 1.82) is 0 Å². The predicted octanol–water partition coefficient (Wildman–Crippen LogP) is 8.05. The van der Waals surface area contributed by atoms with E-state index in [0.29, 0.717) is 85.3 Å². The second-order valence-electron chi connectivity index (χ2n) is 17.4. The highest BCUT2D eigenvalue weighted by molar-refractivity contribution is 6.76. The Morgan fingerprint density at radius 1 is 0.765 bits per heavy atom. The lowest BCUT2D eigenvalue weighted by Crippen LogP contribution is -2.26. The second kappa shape index (κ2) is 18.4. The molecule has 3 N–H and O–H groups in total. The number of hydrogen-bond acceptors (Lipinski definition) is 13. The number of oxazole rings is 2. The molecule has 10 rings (SSSR count). The highest BCUT2D eigenvalue weighted by Gasteiger charge is 2.24. The molecule has 0 saturated heterocycles. The summed E-state index contributed by atoms with van der Waals surface area (Å²) in [4.78, 5) is 55.8. The lowest BCUT2D eigenvalue weighted by Gasteiger charge is -2.15. The number of aryl methyl sites for hydroxylation is 2. The molecule has 8 heterocycles. The van der Waals surface area contributed by atoms with Gasteiger partial charge in [-0.2, -0.15) is 10.2 Å². The van der Waals surface area contributed by atoms with Crippen molar-refractivity contribution >= 4 is 64.0 Å². The number of benzene rings is 2. The van der Waals surface area contributed by atoms with E-state index in [1.807, 2.05) is 6.92 Å². The smallest absolute Gasteiger partial charge is 0.255 e. The second-order valence-corrected chi connectivity index (χ2v) is 23.0. The molecule has 8 aromatic heterocycles. The number of nitrogens with zero attached hydrogens (tertiary/aromatic N) is 11. The van der Waals surface area contributed by atoms with Crippen molar-refractivity contribution in [3.05, 3.63) is 121 Å². The number of carbonyl (C=O) groups excluding carboxylic acids is 2. The first-order valence-electron chi connectivity index (χ1n) is 21.5. The van der Waals surface area contributed by atoms with Gasteiger partial charge in [-0.1, -0.05) is 19.6 Å². The molecule has 68 heavy (non-hydrogen) atoms. The summed E-state index contributed by atoms with van der Waals surface area (Å²) in [7, 11) is 2.23. The van der Waals surface area contributed by atoms with Crippen LogP contribution in [-0.2, 0) is 25.6 Å². The Hall–Kier alpha value is -7.98. The number of H-pyrrole nitrogens is 1. The number of hydrogen-bond donors (Lipinski definition) is 3. The molecule has 0 aliphatic heterocycles. The highest BCUT2D eigenvalue weighted by atomic mass is 28.3. The van der Waals surface area contributed by atoms with Gasteiger partial charge < -0.3 is 33.8 Å². The zero-order valence-corrected chi connectivity index (χ0v) is 39.1. The van der Waals surface area contributed by atoms with Gasteiger partial charge in [-0.25, -0.2) is 38.7 Å². The van der Waals surface area contributed by atoms with Crippen molar-refractivity contribution in [3.8, 4) is 22.8 Å². The van der Waals surface area contributed by atoms with Crippen molar-refractivity contribution in [2.45, 2.75) is 58.3 Å². The van der Waals surface area contributed by atoms with Gasteiger partial charge in [-0.05, 0) is 56.3 Å². The van der Waals surface area contributed by atoms with E-state index in [9.17, 15) is 18.4 Å². The molecule has 348 valence electrons. The Labute approximate surface area is 387 Å². The summed E-state index contributed by atoms with van der Waals surface area (Å²) in [6.07, 6.45) is 12.1. The third kappa shape index (κ3) is 9.22. The van der Waals surface area contributed by atoms with E-state index in [-0.39, 0.29) is 42.3 Å². The number of fused-ring (bicyclic) bond motifs is 4. The van der Waals surface area contributed by atoms with Crippen LogP contribution in [0.15, 0.2) is 95.3 Å². The summed E-state index contributed by atoms with van der Waals surface area (Å²) in [6.45, 7) is 11.4. The molecule has 2 unspecified atom stereocenters. The first kappa shape index (κ1) is 45.2. The number of halogens is 2. The van der Waals surface area contributed by atoms with Crippen molar-refractivity contribution in [3.63, 3.8) is 0 Å². The molecule has 2 amide bonds. The lowest BCUT2D eigenvalue weighted by molar-refractivity contribution is 0.0889. The predicted molar refractivity (Wildman–Crippen MR) is 250 cm³/mol. The molecule has 0 fully saturated rings. The molecule has 10 aromatic rings. The maximum absolute atomic E-state index is 13.8. The van der Waals surface area contributed by atoms with Gasteiger partial charge in [0.05, 0.1) is 46.6 Å². The van der Waals surface area contributed by atoms with Crippen LogP contribution in [0.4, 0.5) is 8.78 Å². The fourth-order valence-electron chi connectivity index (χ4n) is 7.56. The van der Waals surface area contributed by atoms with Crippen LogP contribution in [0, 0.1) is 11.6 Å². The van der Waals surface area contributed by atoms with Crippen molar-refractivity contribution in [1.82, 2.24) is 69.6 Å². The molecule has 0 saturated carbocycles. The van der Waals surface area contributed by atoms with Gasteiger partial charge in [0.25, 0.3) is 11.8 Å². The quantitative estimate of drug-likeness (QED) is 0.0735. The van der Waals surface area contributed by atoms with Crippen molar-refractivity contribution in [2.75, 3.05) is 6.61 Å². The maximum Gasteiger partial charge on any atom is 0.255 e. The van der Waals surface area contributed by atoms with E-state index in [2.05, 4.69) is 70.4 Å². The average Bonchev–Trinajstić information content (AvgIpc) is 4.18. The monoisotopic (exact) mass is 940 g/mol. The van der Waals surface area contributed by atoms with Crippen molar-refractivity contribution in [2.24, 2.45) is 14.1 Å². The molecule has 0 spiro atoms. The summed E-state index contributed by atoms with van der Waals surface area (Å²) in [6, 6.07) is 9.24. The first-order chi connectivity index (χ1) is 32.6. The maximum atomic E-state index is 13.8. The molecule has 22 heteroatoms. The van der Waals surface area contributed by atoms with Gasteiger partial charge in [-0.15, -0.1) is 0 Å². The van der Waals surface area contributed by atoms with E-state index >= 15 is 0 Å². The number of carbonyl (C=O) groups is 2. The van der Waals surface area contributed by atoms with E-state index < -0.39 is 8.07 Å².